The van der Waals surface area contributed by atoms with Gasteiger partial charge in [0.15, 0.2) is 0 Å². The van der Waals surface area contributed by atoms with E-state index in [0.717, 1.165) is 11.3 Å². The fourth-order valence-corrected chi connectivity index (χ4v) is 2.40. The number of amides is 1. The van der Waals surface area contributed by atoms with Gasteiger partial charge in [-0.2, -0.15) is 0 Å². The van der Waals surface area contributed by atoms with Crippen LogP contribution in [-0.4, -0.2) is 31.0 Å². The summed E-state index contributed by atoms with van der Waals surface area (Å²) in [5.74, 6) is 0.772. The Balaban J connectivity index is 2.02. The summed E-state index contributed by atoms with van der Waals surface area (Å²) >= 11 is 0. The van der Waals surface area contributed by atoms with E-state index < -0.39 is 0 Å². The molecule has 0 aliphatic rings. The zero-order chi connectivity index (χ0) is 16.8. The SMILES string of the molecule is C=C(C)C(=O)N(C)CCOC(=CC)c1ccc2ccccc2c1. The van der Waals surface area contributed by atoms with Crippen molar-refractivity contribution in [2.45, 2.75) is 13.8 Å². The highest BCUT2D eigenvalue weighted by Gasteiger charge is 2.09. The molecule has 120 valence electrons. The fraction of sp³-hybridized carbons (Fsp3) is 0.250. The lowest BCUT2D eigenvalue weighted by molar-refractivity contribution is -0.126. The van der Waals surface area contributed by atoms with Gasteiger partial charge in [-0.1, -0.05) is 43.0 Å². The molecular formula is C20H23NO2. The van der Waals surface area contributed by atoms with Gasteiger partial charge in [-0.25, -0.2) is 0 Å². The van der Waals surface area contributed by atoms with Gasteiger partial charge in [0.1, 0.15) is 12.4 Å². The van der Waals surface area contributed by atoms with E-state index in [2.05, 4.69) is 36.9 Å². The first kappa shape index (κ1) is 16.8. The van der Waals surface area contributed by atoms with Crippen LogP contribution in [-0.2, 0) is 9.53 Å². The smallest absolute Gasteiger partial charge is 0.248 e. The van der Waals surface area contributed by atoms with Gasteiger partial charge in [0.05, 0.1) is 6.54 Å². The maximum absolute atomic E-state index is 11.8. The second-order valence-electron chi connectivity index (χ2n) is 5.57. The number of ether oxygens (including phenoxy) is 1. The highest BCUT2D eigenvalue weighted by atomic mass is 16.5. The fourth-order valence-electron chi connectivity index (χ4n) is 2.40. The molecule has 0 atom stereocenters. The average molecular weight is 309 g/mol. The van der Waals surface area contributed by atoms with Gasteiger partial charge in [-0.15, -0.1) is 0 Å². The lowest BCUT2D eigenvalue weighted by Crippen LogP contribution is -2.30. The molecule has 0 aliphatic carbocycles. The maximum Gasteiger partial charge on any atom is 0.248 e. The molecule has 23 heavy (non-hydrogen) atoms. The van der Waals surface area contributed by atoms with Crippen molar-refractivity contribution in [3.05, 3.63) is 66.3 Å². The molecule has 1 amide bonds. The van der Waals surface area contributed by atoms with E-state index in [1.54, 1.807) is 18.9 Å². The molecular weight excluding hydrogens is 286 g/mol. The number of hydrogen-bond acceptors (Lipinski definition) is 2. The molecule has 2 aromatic carbocycles. The van der Waals surface area contributed by atoms with Gasteiger partial charge in [-0.05, 0) is 36.8 Å². The molecule has 0 aromatic heterocycles. The van der Waals surface area contributed by atoms with Crippen LogP contribution in [0.3, 0.4) is 0 Å². The lowest BCUT2D eigenvalue weighted by Gasteiger charge is -2.18. The number of nitrogens with zero attached hydrogens (tertiary/aromatic N) is 1. The van der Waals surface area contributed by atoms with Crippen LogP contribution in [0.15, 0.2) is 60.7 Å². The van der Waals surface area contributed by atoms with E-state index in [9.17, 15) is 4.79 Å². The topological polar surface area (TPSA) is 29.5 Å². The van der Waals surface area contributed by atoms with Crippen LogP contribution in [0, 0.1) is 0 Å². The predicted octanol–water partition coefficient (Wildman–Crippen LogP) is 4.25. The predicted molar refractivity (Wildman–Crippen MR) is 96.0 cm³/mol. The third-order valence-corrected chi connectivity index (χ3v) is 3.69. The van der Waals surface area contributed by atoms with E-state index in [-0.39, 0.29) is 5.91 Å². The van der Waals surface area contributed by atoms with Crippen LogP contribution in [0.2, 0.25) is 0 Å². The number of rotatable bonds is 6. The molecule has 3 heteroatoms. The summed E-state index contributed by atoms with van der Waals surface area (Å²) < 4.78 is 5.86. The minimum atomic E-state index is -0.0543. The van der Waals surface area contributed by atoms with Crippen LogP contribution in [0.4, 0.5) is 0 Å². The molecule has 0 radical (unpaired) electrons. The van der Waals surface area contributed by atoms with Gasteiger partial charge < -0.3 is 9.64 Å². The molecule has 0 bridgehead atoms. The van der Waals surface area contributed by atoms with Crippen molar-refractivity contribution < 1.29 is 9.53 Å². The summed E-state index contributed by atoms with van der Waals surface area (Å²) in [6, 6.07) is 14.5. The van der Waals surface area contributed by atoms with Crippen molar-refractivity contribution in [2.75, 3.05) is 20.2 Å². The molecule has 0 spiro atoms. The van der Waals surface area contributed by atoms with Gasteiger partial charge >= 0.3 is 0 Å². The molecule has 2 aromatic rings. The second kappa shape index (κ2) is 7.63. The second-order valence-corrected chi connectivity index (χ2v) is 5.57. The summed E-state index contributed by atoms with van der Waals surface area (Å²) in [6.07, 6.45) is 1.95. The lowest BCUT2D eigenvalue weighted by atomic mass is 10.1. The van der Waals surface area contributed by atoms with Crippen LogP contribution < -0.4 is 0 Å². The third-order valence-electron chi connectivity index (χ3n) is 3.69. The number of carbonyl (C=O) groups excluding carboxylic acids is 1. The Labute approximate surface area is 137 Å². The van der Waals surface area contributed by atoms with Crippen LogP contribution in [0.5, 0.6) is 0 Å². The minimum Gasteiger partial charge on any atom is -0.491 e. The van der Waals surface area contributed by atoms with Crippen molar-refractivity contribution in [3.63, 3.8) is 0 Å². The van der Waals surface area contributed by atoms with Crippen LogP contribution in [0.25, 0.3) is 16.5 Å². The zero-order valence-corrected chi connectivity index (χ0v) is 14.0. The zero-order valence-electron chi connectivity index (χ0n) is 14.0. The highest BCUT2D eigenvalue weighted by molar-refractivity contribution is 5.92. The largest absolute Gasteiger partial charge is 0.491 e. The molecule has 0 fully saturated rings. The number of allylic oxidation sites excluding steroid dienone is 1. The van der Waals surface area contributed by atoms with Gasteiger partial charge in [-0.3, -0.25) is 4.79 Å². The summed E-state index contributed by atoms with van der Waals surface area (Å²) in [6.45, 7) is 8.31. The Morgan fingerprint density at radius 3 is 2.57 bits per heavy atom. The van der Waals surface area contributed by atoms with Crippen molar-refractivity contribution in [3.8, 4) is 0 Å². The van der Waals surface area contributed by atoms with E-state index in [4.69, 9.17) is 4.74 Å². The number of benzene rings is 2. The van der Waals surface area contributed by atoms with Crippen molar-refractivity contribution in [2.24, 2.45) is 0 Å². The highest BCUT2D eigenvalue weighted by Crippen LogP contribution is 2.22. The van der Waals surface area contributed by atoms with E-state index in [0.29, 0.717) is 18.7 Å². The number of carbonyl (C=O) groups is 1. The maximum atomic E-state index is 11.8. The molecule has 0 saturated heterocycles. The summed E-state index contributed by atoms with van der Waals surface area (Å²) in [4.78, 5) is 13.4. The van der Waals surface area contributed by atoms with Crippen LogP contribution in [0.1, 0.15) is 19.4 Å². The molecule has 3 nitrogen and oxygen atoms in total. The van der Waals surface area contributed by atoms with Gasteiger partial charge in [0.2, 0.25) is 5.91 Å². The molecule has 2 rings (SSSR count). The van der Waals surface area contributed by atoms with Crippen molar-refractivity contribution in [1.82, 2.24) is 4.90 Å². The van der Waals surface area contributed by atoms with Gasteiger partial charge in [0, 0.05) is 18.2 Å². The normalized spacial score (nSPS) is 11.3. The number of likely N-dealkylation sites (N-methyl/N-ethyl adjacent to an activating group) is 1. The van der Waals surface area contributed by atoms with Crippen LogP contribution >= 0.6 is 0 Å². The first-order valence-electron chi connectivity index (χ1n) is 7.72. The van der Waals surface area contributed by atoms with E-state index in [1.165, 1.54) is 10.8 Å². The monoisotopic (exact) mass is 309 g/mol. The van der Waals surface area contributed by atoms with Crippen molar-refractivity contribution in [1.29, 1.82) is 0 Å². The number of hydrogen-bond donors (Lipinski definition) is 0. The van der Waals surface area contributed by atoms with E-state index in [1.807, 2.05) is 25.1 Å². The Morgan fingerprint density at radius 2 is 1.91 bits per heavy atom. The van der Waals surface area contributed by atoms with Gasteiger partial charge in [0.25, 0.3) is 0 Å². The first-order valence-corrected chi connectivity index (χ1v) is 7.72. The average Bonchev–Trinajstić information content (AvgIpc) is 2.57. The Morgan fingerprint density at radius 1 is 1.22 bits per heavy atom. The molecule has 0 heterocycles. The number of fused-ring (bicyclic) bond motifs is 1. The Bertz CT molecular complexity index is 746. The molecule has 0 saturated carbocycles. The summed E-state index contributed by atoms with van der Waals surface area (Å²) in [5, 5.41) is 2.39. The quantitative estimate of drug-likeness (QED) is 0.589. The molecule has 0 unspecified atom stereocenters. The molecule has 0 aliphatic heterocycles. The van der Waals surface area contributed by atoms with E-state index >= 15 is 0 Å². The van der Waals surface area contributed by atoms with Crippen molar-refractivity contribution >= 4 is 22.4 Å². The summed E-state index contributed by atoms with van der Waals surface area (Å²) in [5.41, 5.74) is 1.58. The molecule has 0 N–H and O–H groups in total. The Kier molecular flexibility index (Phi) is 5.58. The summed E-state index contributed by atoms with van der Waals surface area (Å²) in [7, 11) is 1.76. The third kappa shape index (κ3) is 4.22. The standard InChI is InChI=1S/C20H23NO2/c1-5-19(23-13-12-21(4)20(22)15(2)3)18-11-10-16-8-6-7-9-17(16)14-18/h5-11,14H,2,12-13H2,1,3-4H3. The Hall–Kier alpha value is -2.55. The minimum absolute atomic E-state index is 0.0543. The first-order chi connectivity index (χ1) is 11.0.